The van der Waals surface area contributed by atoms with Gasteiger partial charge in [0.15, 0.2) is 0 Å². The maximum Gasteiger partial charge on any atom is 0.146 e. The summed E-state index contributed by atoms with van der Waals surface area (Å²) in [4.78, 5) is 1.82. The number of nitrogens with one attached hydrogen (secondary N) is 1. The molecule has 0 bridgehead atoms. The van der Waals surface area contributed by atoms with Crippen molar-refractivity contribution in [1.29, 1.82) is 0 Å². The molecule has 0 aliphatic heterocycles. The van der Waals surface area contributed by atoms with Gasteiger partial charge in [0.05, 0.1) is 18.4 Å². The van der Waals surface area contributed by atoms with E-state index in [2.05, 4.69) is 5.32 Å². The van der Waals surface area contributed by atoms with Gasteiger partial charge in [0, 0.05) is 33.8 Å². The first-order valence-electron chi connectivity index (χ1n) is 6.92. The molecule has 2 N–H and O–H groups in total. The Hall–Kier alpha value is -1.17. The first kappa shape index (κ1) is 16.9. The van der Waals surface area contributed by atoms with Crippen LogP contribution in [0.5, 0.6) is 0 Å². The summed E-state index contributed by atoms with van der Waals surface area (Å²) in [7, 11) is 3.48. The van der Waals surface area contributed by atoms with Crippen LogP contribution in [0.3, 0.4) is 0 Å². The van der Waals surface area contributed by atoms with Crippen molar-refractivity contribution in [3.05, 3.63) is 29.6 Å². The van der Waals surface area contributed by atoms with Crippen molar-refractivity contribution >= 4 is 5.69 Å². The van der Waals surface area contributed by atoms with Crippen LogP contribution in [-0.4, -0.2) is 45.1 Å². The fraction of sp³-hybridized carbons (Fsp3) is 0.600. The van der Waals surface area contributed by atoms with Crippen molar-refractivity contribution in [1.82, 2.24) is 5.32 Å². The SMILES string of the molecule is COCCNCc1ccc(N(C)CCC(C)O)c(F)c1. The van der Waals surface area contributed by atoms with Crippen LogP contribution in [-0.2, 0) is 11.3 Å². The maximum absolute atomic E-state index is 14.0. The lowest BCUT2D eigenvalue weighted by Gasteiger charge is -2.21. The Morgan fingerprint density at radius 3 is 2.80 bits per heavy atom. The van der Waals surface area contributed by atoms with Crippen LogP contribution in [0.4, 0.5) is 10.1 Å². The van der Waals surface area contributed by atoms with Crippen LogP contribution in [0.25, 0.3) is 0 Å². The molecule has 1 rings (SSSR count). The minimum atomic E-state index is -0.371. The van der Waals surface area contributed by atoms with Gasteiger partial charge in [-0.2, -0.15) is 0 Å². The molecule has 0 radical (unpaired) electrons. The zero-order valence-corrected chi connectivity index (χ0v) is 12.5. The zero-order chi connectivity index (χ0) is 15.0. The standard InChI is InChI=1S/C15H25FN2O2/c1-12(19)6-8-18(2)15-5-4-13(10-14(15)16)11-17-7-9-20-3/h4-5,10,12,17,19H,6-9,11H2,1-3H3. The van der Waals surface area contributed by atoms with E-state index < -0.39 is 0 Å². The molecule has 5 heteroatoms. The number of methoxy groups -OCH3 is 1. The third kappa shape index (κ3) is 5.86. The summed E-state index contributed by atoms with van der Waals surface area (Å²) < 4.78 is 19.0. The van der Waals surface area contributed by atoms with Gasteiger partial charge in [0.2, 0.25) is 0 Å². The Bertz CT molecular complexity index is 399. The molecule has 1 aromatic carbocycles. The second-order valence-electron chi connectivity index (χ2n) is 5.01. The Kier molecular flexibility index (Phi) is 7.51. The second-order valence-corrected chi connectivity index (χ2v) is 5.01. The average molecular weight is 284 g/mol. The number of anilines is 1. The van der Waals surface area contributed by atoms with Crippen LogP contribution in [0.2, 0.25) is 0 Å². The van der Waals surface area contributed by atoms with Crippen LogP contribution in [0, 0.1) is 5.82 Å². The molecule has 0 saturated carbocycles. The van der Waals surface area contributed by atoms with Crippen molar-refractivity contribution in [3.63, 3.8) is 0 Å². The highest BCUT2D eigenvalue weighted by atomic mass is 19.1. The molecule has 0 spiro atoms. The molecule has 114 valence electrons. The Morgan fingerprint density at radius 2 is 2.20 bits per heavy atom. The number of rotatable bonds is 9. The molecular formula is C15H25FN2O2. The monoisotopic (exact) mass is 284 g/mol. The number of hydrogen-bond donors (Lipinski definition) is 2. The number of halogens is 1. The third-order valence-corrected chi connectivity index (χ3v) is 3.12. The molecule has 0 fully saturated rings. The summed E-state index contributed by atoms with van der Waals surface area (Å²) in [5, 5.41) is 12.4. The van der Waals surface area contributed by atoms with E-state index in [-0.39, 0.29) is 11.9 Å². The first-order valence-corrected chi connectivity index (χ1v) is 6.92. The van der Waals surface area contributed by atoms with Crippen molar-refractivity contribution < 1.29 is 14.2 Å². The van der Waals surface area contributed by atoms with E-state index in [9.17, 15) is 9.50 Å². The van der Waals surface area contributed by atoms with E-state index in [0.29, 0.717) is 31.8 Å². The predicted octanol–water partition coefficient (Wildman–Crippen LogP) is 1.77. The summed E-state index contributed by atoms with van der Waals surface area (Å²) in [6.45, 7) is 4.37. The number of benzene rings is 1. The normalized spacial score (nSPS) is 12.4. The van der Waals surface area contributed by atoms with Crippen LogP contribution < -0.4 is 10.2 Å². The average Bonchev–Trinajstić information content (AvgIpc) is 2.41. The molecule has 0 aromatic heterocycles. The fourth-order valence-electron chi connectivity index (χ4n) is 1.88. The largest absolute Gasteiger partial charge is 0.393 e. The van der Waals surface area contributed by atoms with Gasteiger partial charge < -0.3 is 20.1 Å². The van der Waals surface area contributed by atoms with E-state index in [1.165, 1.54) is 0 Å². The quantitative estimate of drug-likeness (QED) is 0.678. The number of aliphatic hydroxyl groups excluding tert-OH is 1. The number of nitrogens with zero attached hydrogens (tertiary/aromatic N) is 1. The van der Waals surface area contributed by atoms with Crippen molar-refractivity contribution in [2.24, 2.45) is 0 Å². The van der Waals surface area contributed by atoms with Crippen LogP contribution in [0.1, 0.15) is 18.9 Å². The van der Waals surface area contributed by atoms with Gasteiger partial charge in [-0.15, -0.1) is 0 Å². The third-order valence-electron chi connectivity index (χ3n) is 3.12. The molecule has 4 nitrogen and oxygen atoms in total. The van der Waals surface area contributed by atoms with Gasteiger partial charge in [0.1, 0.15) is 5.82 Å². The molecule has 0 heterocycles. The lowest BCUT2D eigenvalue weighted by molar-refractivity contribution is 0.187. The molecule has 1 aromatic rings. The van der Waals surface area contributed by atoms with E-state index in [4.69, 9.17) is 4.74 Å². The van der Waals surface area contributed by atoms with Gasteiger partial charge in [0.25, 0.3) is 0 Å². The predicted molar refractivity (Wildman–Crippen MR) is 79.6 cm³/mol. The zero-order valence-electron chi connectivity index (χ0n) is 12.5. The molecule has 1 atom stereocenters. The van der Waals surface area contributed by atoms with Crippen molar-refractivity contribution in [2.75, 3.05) is 38.8 Å². The smallest absolute Gasteiger partial charge is 0.146 e. The second kappa shape index (κ2) is 8.89. The number of ether oxygens (including phenoxy) is 1. The molecule has 0 amide bonds. The minimum absolute atomic E-state index is 0.232. The van der Waals surface area contributed by atoms with Crippen molar-refractivity contribution in [3.8, 4) is 0 Å². The number of hydrogen-bond acceptors (Lipinski definition) is 4. The summed E-state index contributed by atoms with van der Waals surface area (Å²) in [5.74, 6) is -0.232. The highest BCUT2D eigenvalue weighted by Crippen LogP contribution is 2.19. The van der Waals surface area contributed by atoms with Crippen molar-refractivity contribution in [2.45, 2.75) is 26.0 Å². The van der Waals surface area contributed by atoms with E-state index in [1.807, 2.05) is 18.0 Å². The van der Waals surface area contributed by atoms with E-state index in [1.54, 1.807) is 26.2 Å². The number of aliphatic hydroxyl groups is 1. The Labute approximate surface area is 120 Å². The summed E-state index contributed by atoms with van der Waals surface area (Å²) in [6, 6.07) is 5.25. The molecule has 0 saturated heterocycles. The topological polar surface area (TPSA) is 44.7 Å². The Balaban J connectivity index is 2.54. The van der Waals surface area contributed by atoms with Crippen LogP contribution >= 0.6 is 0 Å². The summed E-state index contributed by atoms with van der Waals surface area (Å²) >= 11 is 0. The molecule has 1 unspecified atom stereocenters. The highest BCUT2D eigenvalue weighted by molar-refractivity contribution is 5.48. The maximum atomic E-state index is 14.0. The van der Waals surface area contributed by atoms with Gasteiger partial charge in [-0.3, -0.25) is 0 Å². The minimum Gasteiger partial charge on any atom is -0.393 e. The fourth-order valence-corrected chi connectivity index (χ4v) is 1.88. The summed E-state index contributed by atoms with van der Waals surface area (Å²) in [5.41, 5.74) is 1.47. The highest BCUT2D eigenvalue weighted by Gasteiger charge is 2.09. The molecule has 0 aliphatic rings. The lowest BCUT2D eigenvalue weighted by atomic mass is 10.1. The molecule has 0 aliphatic carbocycles. The van der Waals surface area contributed by atoms with Gasteiger partial charge in [-0.25, -0.2) is 4.39 Å². The Morgan fingerprint density at radius 1 is 1.45 bits per heavy atom. The van der Waals surface area contributed by atoms with E-state index in [0.717, 1.165) is 12.1 Å². The van der Waals surface area contributed by atoms with Gasteiger partial charge in [-0.05, 0) is 31.0 Å². The molecule has 20 heavy (non-hydrogen) atoms. The first-order chi connectivity index (χ1) is 9.54. The molecular weight excluding hydrogens is 259 g/mol. The lowest BCUT2D eigenvalue weighted by Crippen LogP contribution is -2.23. The van der Waals surface area contributed by atoms with Gasteiger partial charge >= 0.3 is 0 Å². The van der Waals surface area contributed by atoms with E-state index >= 15 is 0 Å². The van der Waals surface area contributed by atoms with Crippen LogP contribution in [0.15, 0.2) is 18.2 Å². The summed E-state index contributed by atoms with van der Waals surface area (Å²) in [6.07, 6.45) is 0.251. The van der Waals surface area contributed by atoms with Gasteiger partial charge in [-0.1, -0.05) is 6.07 Å².